The average Bonchev–Trinajstić information content (AvgIpc) is 2.91. The molecule has 0 aliphatic carbocycles. The van der Waals surface area contributed by atoms with Gasteiger partial charge in [0.1, 0.15) is 5.75 Å². The van der Waals surface area contributed by atoms with Crippen molar-refractivity contribution in [2.45, 2.75) is 26.3 Å². The van der Waals surface area contributed by atoms with E-state index in [-0.39, 0.29) is 17.9 Å². The third-order valence-corrected chi connectivity index (χ3v) is 4.57. The van der Waals surface area contributed by atoms with Crippen molar-refractivity contribution in [3.8, 4) is 5.75 Å². The van der Waals surface area contributed by atoms with Crippen molar-refractivity contribution in [3.63, 3.8) is 0 Å². The number of amides is 2. The Hall–Kier alpha value is -2.53. The van der Waals surface area contributed by atoms with Gasteiger partial charge in [0.2, 0.25) is 5.91 Å². The second-order valence-corrected chi connectivity index (χ2v) is 6.48. The van der Waals surface area contributed by atoms with Gasteiger partial charge < -0.3 is 15.0 Å². The summed E-state index contributed by atoms with van der Waals surface area (Å²) in [4.78, 5) is 26.2. The van der Waals surface area contributed by atoms with Crippen molar-refractivity contribution in [1.29, 1.82) is 0 Å². The molecule has 3 rings (SSSR count). The van der Waals surface area contributed by atoms with E-state index in [1.165, 1.54) is 14.0 Å². The minimum absolute atomic E-state index is 0.0448. The van der Waals surface area contributed by atoms with E-state index < -0.39 is 0 Å². The van der Waals surface area contributed by atoms with Gasteiger partial charge in [0.25, 0.3) is 5.91 Å². The molecule has 1 aliphatic heterocycles. The molecule has 0 unspecified atom stereocenters. The van der Waals surface area contributed by atoms with Gasteiger partial charge >= 0.3 is 0 Å². The zero-order chi connectivity index (χ0) is 18.1. The van der Waals surface area contributed by atoms with E-state index in [0.717, 1.165) is 17.7 Å². The summed E-state index contributed by atoms with van der Waals surface area (Å²) in [5, 5.41) is 2.92. The highest BCUT2D eigenvalue weighted by Crippen LogP contribution is 2.37. The molecular weight excluding hydrogens is 340 g/mol. The Morgan fingerprint density at radius 1 is 1.28 bits per heavy atom. The molecule has 1 heterocycles. The van der Waals surface area contributed by atoms with Crippen LogP contribution in [0.15, 0.2) is 36.4 Å². The number of para-hydroxylation sites is 1. The molecular formula is C19H19ClN2O3. The fourth-order valence-electron chi connectivity index (χ4n) is 3.18. The van der Waals surface area contributed by atoms with E-state index in [2.05, 4.69) is 5.32 Å². The lowest BCUT2D eigenvalue weighted by molar-refractivity contribution is -0.114. The van der Waals surface area contributed by atoms with Crippen molar-refractivity contribution in [3.05, 3.63) is 52.5 Å². The molecule has 130 valence electrons. The van der Waals surface area contributed by atoms with Crippen molar-refractivity contribution in [2.24, 2.45) is 0 Å². The van der Waals surface area contributed by atoms with Crippen LogP contribution in [-0.2, 0) is 11.2 Å². The molecule has 2 aromatic rings. The standard InChI is InChI=1S/C19H19ClN2O3/c1-11-8-13-6-4-5-7-17(13)22(11)19(24)14-9-15(20)16(21-12(2)23)10-18(14)25-3/h4-7,9-11H,8H2,1-3H3,(H,21,23)/t11-/m1/s1. The van der Waals surface area contributed by atoms with Crippen molar-refractivity contribution in [1.82, 2.24) is 0 Å². The Balaban J connectivity index is 2.03. The maximum absolute atomic E-state index is 13.2. The Bertz CT molecular complexity index is 851. The van der Waals surface area contributed by atoms with Gasteiger partial charge in [-0.3, -0.25) is 9.59 Å². The Morgan fingerprint density at radius 2 is 2.00 bits per heavy atom. The second-order valence-electron chi connectivity index (χ2n) is 6.07. The highest BCUT2D eigenvalue weighted by Gasteiger charge is 2.33. The molecule has 0 aromatic heterocycles. The third kappa shape index (κ3) is 3.20. The van der Waals surface area contributed by atoms with Gasteiger partial charge in [0, 0.05) is 24.7 Å². The molecule has 0 saturated carbocycles. The van der Waals surface area contributed by atoms with E-state index in [0.29, 0.717) is 22.0 Å². The highest BCUT2D eigenvalue weighted by atomic mass is 35.5. The van der Waals surface area contributed by atoms with Gasteiger partial charge in [-0.1, -0.05) is 29.8 Å². The first-order chi connectivity index (χ1) is 11.9. The summed E-state index contributed by atoms with van der Waals surface area (Å²) in [5.74, 6) is -0.0505. The van der Waals surface area contributed by atoms with Crippen LogP contribution < -0.4 is 15.0 Å². The van der Waals surface area contributed by atoms with Gasteiger partial charge in [-0.15, -0.1) is 0 Å². The molecule has 2 amide bonds. The number of hydrogen-bond acceptors (Lipinski definition) is 3. The molecule has 6 heteroatoms. The maximum Gasteiger partial charge on any atom is 0.262 e. The number of ether oxygens (including phenoxy) is 1. The van der Waals surface area contributed by atoms with Crippen LogP contribution in [0.4, 0.5) is 11.4 Å². The molecule has 0 spiro atoms. The SMILES string of the molecule is COc1cc(NC(C)=O)c(Cl)cc1C(=O)N1c2ccccc2C[C@H]1C. The lowest BCUT2D eigenvalue weighted by Gasteiger charge is -2.24. The zero-order valence-corrected chi connectivity index (χ0v) is 15.1. The van der Waals surface area contributed by atoms with Crippen LogP contribution in [0.25, 0.3) is 0 Å². The van der Waals surface area contributed by atoms with Crippen LogP contribution in [0.5, 0.6) is 5.75 Å². The number of carbonyl (C=O) groups excluding carboxylic acids is 2. The van der Waals surface area contributed by atoms with Crippen LogP contribution in [-0.4, -0.2) is 25.0 Å². The normalized spacial score (nSPS) is 15.7. The maximum atomic E-state index is 13.2. The van der Waals surface area contributed by atoms with Crippen molar-refractivity contribution >= 4 is 34.8 Å². The lowest BCUT2D eigenvalue weighted by atomic mass is 10.1. The Labute approximate surface area is 151 Å². The second kappa shape index (κ2) is 6.76. The number of halogens is 1. The lowest BCUT2D eigenvalue weighted by Crippen LogP contribution is -2.36. The van der Waals surface area contributed by atoms with Gasteiger partial charge in [-0.05, 0) is 31.0 Å². The molecule has 5 nitrogen and oxygen atoms in total. The zero-order valence-electron chi connectivity index (χ0n) is 14.3. The van der Waals surface area contributed by atoms with E-state index >= 15 is 0 Å². The van der Waals surface area contributed by atoms with Gasteiger partial charge in [-0.25, -0.2) is 0 Å². The van der Waals surface area contributed by atoms with Crippen molar-refractivity contribution in [2.75, 3.05) is 17.3 Å². The summed E-state index contributed by atoms with van der Waals surface area (Å²) in [5.41, 5.74) is 2.83. The van der Waals surface area contributed by atoms with E-state index in [9.17, 15) is 9.59 Å². The number of nitrogens with one attached hydrogen (secondary N) is 1. The summed E-state index contributed by atoms with van der Waals surface area (Å²) in [6, 6.07) is 11.0. The van der Waals surface area contributed by atoms with Crippen molar-refractivity contribution < 1.29 is 14.3 Å². The van der Waals surface area contributed by atoms with Crippen LogP contribution in [0.3, 0.4) is 0 Å². The predicted molar refractivity (Wildman–Crippen MR) is 98.7 cm³/mol. The largest absolute Gasteiger partial charge is 0.496 e. The van der Waals surface area contributed by atoms with Gasteiger partial charge in [0.15, 0.2) is 0 Å². The molecule has 1 aliphatic rings. The molecule has 0 fully saturated rings. The fraction of sp³-hybridized carbons (Fsp3) is 0.263. The van der Waals surface area contributed by atoms with Crippen LogP contribution in [0, 0.1) is 0 Å². The monoisotopic (exact) mass is 358 g/mol. The number of rotatable bonds is 3. The minimum atomic E-state index is -0.245. The molecule has 1 atom stereocenters. The number of hydrogen-bond donors (Lipinski definition) is 1. The smallest absolute Gasteiger partial charge is 0.262 e. The van der Waals surface area contributed by atoms with E-state index in [4.69, 9.17) is 16.3 Å². The molecule has 0 radical (unpaired) electrons. The van der Waals surface area contributed by atoms with Crippen LogP contribution >= 0.6 is 11.6 Å². The average molecular weight is 359 g/mol. The Kier molecular flexibility index (Phi) is 4.68. The molecule has 2 aromatic carbocycles. The van der Waals surface area contributed by atoms with Crippen LogP contribution in [0.2, 0.25) is 5.02 Å². The number of fused-ring (bicyclic) bond motifs is 1. The minimum Gasteiger partial charge on any atom is -0.496 e. The first kappa shape index (κ1) is 17.3. The Morgan fingerprint density at radius 3 is 2.68 bits per heavy atom. The summed E-state index contributed by atoms with van der Waals surface area (Å²) < 4.78 is 5.37. The highest BCUT2D eigenvalue weighted by molar-refractivity contribution is 6.34. The first-order valence-corrected chi connectivity index (χ1v) is 8.36. The topological polar surface area (TPSA) is 58.6 Å². The molecule has 1 N–H and O–H groups in total. The quantitative estimate of drug-likeness (QED) is 0.905. The fourth-order valence-corrected chi connectivity index (χ4v) is 3.39. The summed E-state index contributed by atoms with van der Waals surface area (Å²) in [6.45, 7) is 3.41. The summed E-state index contributed by atoms with van der Waals surface area (Å²) in [7, 11) is 1.49. The third-order valence-electron chi connectivity index (χ3n) is 4.26. The molecule has 0 saturated heterocycles. The summed E-state index contributed by atoms with van der Waals surface area (Å²) >= 11 is 6.25. The number of carbonyl (C=O) groups is 2. The van der Waals surface area contributed by atoms with E-state index in [1.807, 2.05) is 31.2 Å². The number of anilines is 2. The van der Waals surface area contributed by atoms with Gasteiger partial charge in [0.05, 0.1) is 23.4 Å². The van der Waals surface area contributed by atoms with E-state index in [1.54, 1.807) is 17.0 Å². The first-order valence-electron chi connectivity index (χ1n) is 7.99. The predicted octanol–water partition coefficient (Wildman–Crippen LogP) is 3.90. The summed E-state index contributed by atoms with van der Waals surface area (Å²) in [6.07, 6.45) is 0.807. The number of benzene rings is 2. The van der Waals surface area contributed by atoms with Crippen LogP contribution in [0.1, 0.15) is 29.8 Å². The van der Waals surface area contributed by atoms with Gasteiger partial charge in [-0.2, -0.15) is 0 Å². The molecule has 0 bridgehead atoms. The number of nitrogens with zero attached hydrogens (tertiary/aromatic N) is 1. The number of methoxy groups -OCH3 is 1. The molecule has 25 heavy (non-hydrogen) atoms.